The van der Waals surface area contributed by atoms with E-state index in [0.29, 0.717) is 18.1 Å². The Labute approximate surface area is 153 Å². The molecule has 1 N–H and O–H groups in total. The molecule has 2 aliphatic rings. The Morgan fingerprint density at radius 3 is 2.80 bits per heavy atom. The first-order valence-electron chi connectivity index (χ1n) is 8.99. The number of benzene rings is 2. The summed E-state index contributed by atoms with van der Waals surface area (Å²) in [5.74, 6) is 1.87. The molecule has 1 fully saturated rings. The van der Waals surface area contributed by atoms with E-state index in [2.05, 4.69) is 29.6 Å². The van der Waals surface area contributed by atoms with Crippen LogP contribution in [0.4, 0.5) is 5.69 Å². The van der Waals surface area contributed by atoms with E-state index < -0.39 is 0 Å². The predicted octanol–water partition coefficient (Wildman–Crippen LogP) is 4.62. The molecule has 1 heterocycles. The van der Waals surface area contributed by atoms with E-state index in [9.17, 15) is 4.79 Å². The number of ether oxygens (including phenoxy) is 1. The predicted molar refractivity (Wildman–Crippen MR) is 103 cm³/mol. The van der Waals surface area contributed by atoms with Crippen LogP contribution in [0.1, 0.15) is 30.9 Å². The third-order valence-corrected chi connectivity index (χ3v) is 6.66. The van der Waals surface area contributed by atoms with E-state index in [1.807, 2.05) is 31.2 Å². The number of aryl methyl sites for hydroxylation is 1. The van der Waals surface area contributed by atoms with Crippen LogP contribution in [0.3, 0.4) is 0 Å². The highest BCUT2D eigenvalue weighted by molar-refractivity contribution is 8.01. The Kier molecular flexibility index (Phi) is 4.46. The summed E-state index contributed by atoms with van der Waals surface area (Å²) in [6, 6.07) is 16.7. The van der Waals surface area contributed by atoms with Crippen LogP contribution in [0.5, 0.6) is 5.75 Å². The third kappa shape index (κ3) is 2.93. The monoisotopic (exact) mass is 353 g/mol. The average Bonchev–Trinajstić information content (AvgIpc) is 2.85. The zero-order valence-electron chi connectivity index (χ0n) is 14.5. The van der Waals surface area contributed by atoms with Crippen molar-refractivity contribution in [3.63, 3.8) is 0 Å². The summed E-state index contributed by atoms with van der Waals surface area (Å²) in [6.45, 7) is 2.65. The molecule has 3 nitrogen and oxygen atoms in total. The standard InChI is InChI=1S/C21H23NO2S/c1-2-24-17-12-10-16(11-13-17)22-21-18-8-4-3-6-15(18)7-5-9-19(21)20(23)14-25-21/h3-4,6,8,10-13,19,22H,2,5,7,9,14H2,1H3. The number of anilines is 1. The second-order valence-electron chi connectivity index (χ2n) is 6.67. The van der Waals surface area contributed by atoms with Crippen molar-refractivity contribution in [1.82, 2.24) is 0 Å². The first-order chi connectivity index (χ1) is 12.2. The van der Waals surface area contributed by atoms with Gasteiger partial charge >= 0.3 is 0 Å². The highest BCUT2D eigenvalue weighted by Gasteiger charge is 2.51. The van der Waals surface area contributed by atoms with Crippen LogP contribution in [0.2, 0.25) is 0 Å². The Balaban J connectivity index is 1.74. The van der Waals surface area contributed by atoms with Gasteiger partial charge in [0, 0.05) is 5.69 Å². The molecule has 130 valence electrons. The number of carbonyl (C=O) groups is 1. The van der Waals surface area contributed by atoms with Crippen LogP contribution < -0.4 is 10.1 Å². The zero-order chi connectivity index (χ0) is 17.3. The van der Waals surface area contributed by atoms with Gasteiger partial charge in [-0.05, 0) is 61.6 Å². The fraction of sp³-hybridized carbons (Fsp3) is 0.381. The van der Waals surface area contributed by atoms with Gasteiger partial charge in [-0.15, -0.1) is 11.8 Å². The van der Waals surface area contributed by atoms with E-state index in [1.54, 1.807) is 11.8 Å². The number of thioether (sulfide) groups is 1. The average molecular weight is 353 g/mol. The molecule has 0 spiro atoms. The van der Waals surface area contributed by atoms with Gasteiger partial charge in [0.15, 0.2) is 0 Å². The minimum Gasteiger partial charge on any atom is -0.494 e. The SMILES string of the molecule is CCOc1ccc(NC23SCC(=O)C2CCCc2ccccc23)cc1. The van der Waals surface area contributed by atoms with E-state index in [1.165, 1.54) is 11.1 Å². The number of rotatable bonds is 4. The lowest BCUT2D eigenvalue weighted by atomic mass is 9.87. The van der Waals surface area contributed by atoms with Crippen molar-refractivity contribution < 1.29 is 9.53 Å². The number of fused-ring (bicyclic) bond motifs is 3. The summed E-state index contributed by atoms with van der Waals surface area (Å²) in [7, 11) is 0. The first kappa shape index (κ1) is 16.5. The molecule has 1 aliphatic carbocycles. The van der Waals surface area contributed by atoms with E-state index in [-0.39, 0.29) is 10.8 Å². The molecule has 4 heteroatoms. The van der Waals surface area contributed by atoms with Gasteiger partial charge < -0.3 is 10.1 Å². The molecule has 0 saturated carbocycles. The Bertz CT molecular complexity index is 774. The third-order valence-electron chi connectivity index (χ3n) is 5.17. The van der Waals surface area contributed by atoms with Crippen LogP contribution in [-0.2, 0) is 16.1 Å². The molecule has 0 radical (unpaired) electrons. The molecule has 2 aromatic carbocycles. The first-order valence-corrected chi connectivity index (χ1v) is 9.97. The molecule has 0 amide bonds. The number of hydrogen-bond acceptors (Lipinski definition) is 4. The lowest BCUT2D eigenvalue weighted by molar-refractivity contribution is -0.120. The summed E-state index contributed by atoms with van der Waals surface area (Å²) in [5.41, 5.74) is 3.68. The molecule has 2 aromatic rings. The van der Waals surface area contributed by atoms with E-state index >= 15 is 0 Å². The Morgan fingerprint density at radius 1 is 1.20 bits per heavy atom. The van der Waals surface area contributed by atoms with Gasteiger partial charge in [-0.1, -0.05) is 24.3 Å². The fourth-order valence-corrected chi connectivity index (χ4v) is 5.61. The van der Waals surface area contributed by atoms with Crippen LogP contribution in [0.15, 0.2) is 48.5 Å². The van der Waals surface area contributed by atoms with Crippen molar-refractivity contribution in [3.8, 4) is 5.75 Å². The Hall–Kier alpha value is -1.94. The molecule has 0 bridgehead atoms. The van der Waals surface area contributed by atoms with Gasteiger partial charge in [0.2, 0.25) is 0 Å². The summed E-state index contributed by atoms with van der Waals surface area (Å²) in [4.78, 5) is 12.3. The number of carbonyl (C=O) groups excluding carboxylic acids is 1. The second kappa shape index (κ2) is 6.75. The van der Waals surface area contributed by atoms with Gasteiger partial charge in [0.25, 0.3) is 0 Å². The van der Waals surface area contributed by atoms with Crippen molar-refractivity contribution in [2.75, 3.05) is 17.7 Å². The van der Waals surface area contributed by atoms with Crippen LogP contribution >= 0.6 is 11.8 Å². The topological polar surface area (TPSA) is 38.3 Å². The van der Waals surface area contributed by atoms with E-state index in [0.717, 1.165) is 30.7 Å². The summed E-state index contributed by atoms with van der Waals surface area (Å²) in [5, 5.41) is 3.74. The van der Waals surface area contributed by atoms with Gasteiger partial charge in [-0.25, -0.2) is 0 Å². The van der Waals surface area contributed by atoms with Crippen molar-refractivity contribution in [3.05, 3.63) is 59.7 Å². The Morgan fingerprint density at radius 2 is 2.00 bits per heavy atom. The summed E-state index contributed by atoms with van der Waals surface area (Å²) >= 11 is 1.76. The van der Waals surface area contributed by atoms with Gasteiger partial charge in [-0.3, -0.25) is 4.79 Å². The lowest BCUT2D eigenvalue weighted by Gasteiger charge is -2.36. The molecular formula is C21H23NO2S. The van der Waals surface area contributed by atoms with Crippen LogP contribution in [-0.4, -0.2) is 18.1 Å². The number of hydrogen-bond donors (Lipinski definition) is 1. The van der Waals surface area contributed by atoms with Gasteiger partial charge in [-0.2, -0.15) is 0 Å². The summed E-state index contributed by atoms with van der Waals surface area (Å²) < 4.78 is 5.54. The summed E-state index contributed by atoms with van der Waals surface area (Å²) in [6.07, 6.45) is 3.07. The van der Waals surface area contributed by atoms with Crippen LogP contribution in [0.25, 0.3) is 0 Å². The van der Waals surface area contributed by atoms with Gasteiger partial charge in [0.1, 0.15) is 16.4 Å². The second-order valence-corrected chi connectivity index (χ2v) is 7.90. The fourth-order valence-electron chi connectivity index (χ4n) is 4.05. The molecule has 25 heavy (non-hydrogen) atoms. The molecule has 2 unspecified atom stereocenters. The van der Waals surface area contributed by atoms with Crippen molar-refractivity contribution in [2.45, 2.75) is 31.1 Å². The maximum atomic E-state index is 12.6. The largest absolute Gasteiger partial charge is 0.494 e. The molecule has 4 rings (SSSR count). The quantitative estimate of drug-likeness (QED) is 0.870. The molecule has 1 saturated heterocycles. The maximum absolute atomic E-state index is 12.6. The molecule has 1 aliphatic heterocycles. The maximum Gasteiger partial charge on any atom is 0.149 e. The highest BCUT2D eigenvalue weighted by Crippen LogP contribution is 2.53. The number of nitrogens with one attached hydrogen (secondary N) is 1. The lowest BCUT2D eigenvalue weighted by Crippen LogP contribution is -2.38. The number of Topliss-reactive ketones (excluding diaryl/α,β-unsaturated/α-hetero) is 1. The smallest absolute Gasteiger partial charge is 0.149 e. The van der Waals surface area contributed by atoms with Crippen molar-refractivity contribution >= 4 is 23.2 Å². The minimum absolute atomic E-state index is 0.0349. The van der Waals surface area contributed by atoms with Crippen LogP contribution in [0, 0.1) is 5.92 Å². The zero-order valence-corrected chi connectivity index (χ0v) is 15.3. The van der Waals surface area contributed by atoms with Crippen molar-refractivity contribution in [1.29, 1.82) is 0 Å². The molecule has 0 aromatic heterocycles. The normalized spacial score (nSPS) is 25.0. The number of ketones is 1. The highest BCUT2D eigenvalue weighted by atomic mass is 32.2. The molecule has 2 atom stereocenters. The molecular weight excluding hydrogens is 330 g/mol. The van der Waals surface area contributed by atoms with Gasteiger partial charge in [0.05, 0.1) is 18.3 Å². The minimum atomic E-state index is -0.350. The van der Waals surface area contributed by atoms with E-state index in [4.69, 9.17) is 4.74 Å². The van der Waals surface area contributed by atoms with Crippen molar-refractivity contribution in [2.24, 2.45) is 5.92 Å².